The zero-order valence-electron chi connectivity index (χ0n) is 18.0. The maximum absolute atomic E-state index is 15.2. The Morgan fingerprint density at radius 1 is 1.20 bits per heavy atom. The highest BCUT2D eigenvalue weighted by Gasteiger charge is 2.37. The third-order valence-corrected chi connectivity index (χ3v) is 5.79. The quantitative estimate of drug-likeness (QED) is 0.753. The van der Waals surface area contributed by atoms with Crippen LogP contribution in [0.2, 0.25) is 0 Å². The molecule has 1 atom stereocenters. The van der Waals surface area contributed by atoms with Crippen LogP contribution >= 0.6 is 0 Å². The van der Waals surface area contributed by atoms with Crippen LogP contribution in [0, 0.1) is 0 Å². The molecule has 2 heterocycles. The van der Waals surface area contributed by atoms with Gasteiger partial charge in [-0.05, 0) is 64.0 Å². The van der Waals surface area contributed by atoms with Gasteiger partial charge in [-0.15, -0.1) is 0 Å². The second kappa shape index (κ2) is 8.74. The largest absolute Gasteiger partial charge is 0.444 e. The van der Waals surface area contributed by atoms with Crippen molar-refractivity contribution < 1.29 is 23.5 Å². The van der Waals surface area contributed by atoms with E-state index in [4.69, 9.17) is 4.74 Å². The van der Waals surface area contributed by atoms with Gasteiger partial charge < -0.3 is 9.64 Å². The number of alkyl halides is 1. The highest BCUT2D eigenvalue weighted by atomic mass is 19.1. The van der Waals surface area contributed by atoms with Gasteiger partial charge in [-0.2, -0.15) is 0 Å². The SMILES string of the molecule is CC(C)(C)OC(=O)N1CCC(F)(CCc2ccc(C3CCC(=O)NC3=O)cc2)CC1. The number of carbonyl (C=O) groups excluding carboxylic acids is 3. The summed E-state index contributed by atoms with van der Waals surface area (Å²) >= 11 is 0. The van der Waals surface area contributed by atoms with Gasteiger partial charge in [0, 0.05) is 19.5 Å². The van der Waals surface area contributed by atoms with Gasteiger partial charge in [-0.3, -0.25) is 14.9 Å². The number of imide groups is 1. The predicted octanol–water partition coefficient (Wildman–Crippen LogP) is 3.88. The summed E-state index contributed by atoms with van der Waals surface area (Å²) < 4.78 is 20.6. The van der Waals surface area contributed by atoms with E-state index in [2.05, 4.69) is 5.32 Å². The first-order chi connectivity index (χ1) is 14.0. The van der Waals surface area contributed by atoms with Gasteiger partial charge in [-0.25, -0.2) is 9.18 Å². The third kappa shape index (κ3) is 5.80. The number of carbonyl (C=O) groups is 3. The number of likely N-dealkylation sites (tertiary alicyclic amines) is 1. The van der Waals surface area contributed by atoms with Crippen molar-refractivity contribution in [2.45, 2.75) is 76.5 Å². The minimum atomic E-state index is -1.29. The second-order valence-electron chi connectivity index (χ2n) is 9.36. The van der Waals surface area contributed by atoms with Crippen LogP contribution in [0.25, 0.3) is 0 Å². The van der Waals surface area contributed by atoms with Gasteiger partial charge in [0.05, 0.1) is 5.92 Å². The Hall–Kier alpha value is -2.44. The van der Waals surface area contributed by atoms with Crippen molar-refractivity contribution in [2.24, 2.45) is 0 Å². The first-order valence-corrected chi connectivity index (χ1v) is 10.6. The maximum atomic E-state index is 15.2. The van der Waals surface area contributed by atoms with E-state index in [-0.39, 0.29) is 23.8 Å². The Balaban J connectivity index is 1.49. The van der Waals surface area contributed by atoms with Crippen molar-refractivity contribution >= 4 is 17.9 Å². The molecule has 0 spiro atoms. The van der Waals surface area contributed by atoms with E-state index in [0.29, 0.717) is 51.6 Å². The molecule has 0 aromatic heterocycles. The second-order valence-corrected chi connectivity index (χ2v) is 9.36. The number of nitrogens with one attached hydrogen (secondary N) is 1. The van der Waals surface area contributed by atoms with E-state index in [1.54, 1.807) is 4.90 Å². The fraction of sp³-hybridized carbons (Fsp3) is 0.609. The summed E-state index contributed by atoms with van der Waals surface area (Å²) in [4.78, 5) is 37.0. The van der Waals surface area contributed by atoms with Crippen LogP contribution in [0.15, 0.2) is 24.3 Å². The number of nitrogens with zero attached hydrogens (tertiary/aromatic N) is 1. The molecular formula is C23H31FN2O4. The molecule has 1 aromatic rings. The molecule has 2 aliphatic heterocycles. The zero-order chi connectivity index (χ0) is 21.9. The molecule has 0 bridgehead atoms. The molecule has 2 saturated heterocycles. The lowest BCUT2D eigenvalue weighted by Gasteiger charge is -2.37. The molecule has 164 valence electrons. The highest BCUT2D eigenvalue weighted by molar-refractivity contribution is 6.00. The highest BCUT2D eigenvalue weighted by Crippen LogP contribution is 2.32. The summed E-state index contributed by atoms with van der Waals surface area (Å²) in [6.45, 7) is 6.18. The van der Waals surface area contributed by atoms with Crippen molar-refractivity contribution in [3.63, 3.8) is 0 Å². The summed E-state index contributed by atoms with van der Waals surface area (Å²) in [5, 5.41) is 2.38. The van der Waals surface area contributed by atoms with Crippen molar-refractivity contribution in [1.82, 2.24) is 10.2 Å². The van der Waals surface area contributed by atoms with Gasteiger partial charge in [-0.1, -0.05) is 24.3 Å². The standard InChI is InChI=1S/C23H31FN2O4/c1-22(2,3)30-21(29)26-14-12-23(24,13-15-26)11-10-16-4-6-17(7-5-16)18-8-9-19(27)25-20(18)28/h4-7,18H,8-15H2,1-3H3,(H,25,27,28). The van der Waals surface area contributed by atoms with Crippen LogP contribution in [0.4, 0.5) is 9.18 Å². The lowest BCUT2D eigenvalue weighted by molar-refractivity contribution is -0.134. The Labute approximate surface area is 177 Å². The van der Waals surface area contributed by atoms with E-state index >= 15 is 4.39 Å². The normalized spacial score (nSPS) is 21.9. The van der Waals surface area contributed by atoms with E-state index in [0.717, 1.165) is 11.1 Å². The summed E-state index contributed by atoms with van der Waals surface area (Å²) in [6.07, 6.45) is 2.09. The van der Waals surface area contributed by atoms with Gasteiger partial charge in [0.1, 0.15) is 11.3 Å². The fourth-order valence-corrected chi connectivity index (χ4v) is 3.96. The molecule has 1 unspecified atom stereocenters. The molecule has 0 radical (unpaired) electrons. The first-order valence-electron chi connectivity index (χ1n) is 10.6. The minimum absolute atomic E-state index is 0.223. The van der Waals surface area contributed by atoms with Crippen LogP contribution in [-0.2, 0) is 20.7 Å². The number of benzene rings is 1. The van der Waals surface area contributed by atoms with Gasteiger partial charge in [0.15, 0.2) is 0 Å². The molecule has 6 nitrogen and oxygen atoms in total. The molecule has 30 heavy (non-hydrogen) atoms. The van der Waals surface area contributed by atoms with Crippen molar-refractivity contribution in [3.05, 3.63) is 35.4 Å². The van der Waals surface area contributed by atoms with Crippen molar-refractivity contribution in [2.75, 3.05) is 13.1 Å². The number of piperidine rings is 2. The molecule has 3 amide bonds. The molecule has 3 rings (SSSR count). The molecule has 0 saturated carbocycles. The molecule has 1 N–H and O–H groups in total. The van der Waals surface area contributed by atoms with Gasteiger partial charge >= 0.3 is 6.09 Å². The lowest BCUT2D eigenvalue weighted by atomic mass is 9.86. The summed E-state index contributed by atoms with van der Waals surface area (Å²) in [7, 11) is 0. The maximum Gasteiger partial charge on any atom is 0.410 e. The van der Waals surface area contributed by atoms with Crippen LogP contribution in [0.3, 0.4) is 0 Å². The van der Waals surface area contributed by atoms with E-state index in [1.165, 1.54) is 0 Å². The van der Waals surface area contributed by atoms with Crippen molar-refractivity contribution in [1.29, 1.82) is 0 Å². The van der Waals surface area contributed by atoms with Gasteiger partial charge in [0.2, 0.25) is 11.8 Å². The number of hydrogen-bond acceptors (Lipinski definition) is 4. The fourth-order valence-electron chi connectivity index (χ4n) is 3.96. The number of rotatable bonds is 4. The van der Waals surface area contributed by atoms with E-state index in [1.807, 2.05) is 45.0 Å². The molecule has 2 fully saturated rings. The summed E-state index contributed by atoms with van der Waals surface area (Å²) in [5.41, 5.74) is 0.0456. The van der Waals surface area contributed by atoms with Crippen LogP contribution < -0.4 is 5.32 Å². The van der Waals surface area contributed by atoms with Crippen LogP contribution in [0.5, 0.6) is 0 Å². The molecule has 7 heteroatoms. The van der Waals surface area contributed by atoms with E-state index < -0.39 is 11.3 Å². The zero-order valence-corrected chi connectivity index (χ0v) is 18.0. The van der Waals surface area contributed by atoms with Crippen molar-refractivity contribution in [3.8, 4) is 0 Å². The Morgan fingerprint density at radius 3 is 2.40 bits per heavy atom. The molecular weight excluding hydrogens is 387 g/mol. The Kier molecular flexibility index (Phi) is 6.48. The average Bonchev–Trinajstić information content (AvgIpc) is 2.66. The number of ether oxygens (including phenoxy) is 1. The number of amides is 3. The smallest absolute Gasteiger partial charge is 0.410 e. The molecule has 2 aliphatic rings. The molecule has 1 aromatic carbocycles. The summed E-state index contributed by atoms with van der Waals surface area (Å²) in [5.74, 6) is -0.779. The Bertz CT molecular complexity index is 792. The average molecular weight is 419 g/mol. The number of hydrogen-bond donors (Lipinski definition) is 1. The van der Waals surface area contributed by atoms with Crippen LogP contribution in [-0.4, -0.2) is 47.2 Å². The number of halogens is 1. The van der Waals surface area contributed by atoms with Gasteiger partial charge in [0.25, 0.3) is 0 Å². The molecule has 0 aliphatic carbocycles. The van der Waals surface area contributed by atoms with E-state index in [9.17, 15) is 14.4 Å². The third-order valence-electron chi connectivity index (χ3n) is 5.79. The topological polar surface area (TPSA) is 75.7 Å². The predicted molar refractivity (Wildman–Crippen MR) is 111 cm³/mol. The lowest BCUT2D eigenvalue weighted by Crippen LogP contribution is -2.46. The first kappa shape index (κ1) is 22.2. The Morgan fingerprint density at radius 2 is 1.83 bits per heavy atom. The monoisotopic (exact) mass is 418 g/mol. The summed E-state index contributed by atoms with van der Waals surface area (Å²) in [6, 6.07) is 7.65. The number of aryl methyl sites for hydroxylation is 1. The minimum Gasteiger partial charge on any atom is -0.444 e. The van der Waals surface area contributed by atoms with Crippen LogP contribution in [0.1, 0.15) is 69.9 Å².